The monoisotopic (exact) mass is 300 g/mol. The topological polar surface area (TPSA) is 66.8 Å². The Morgan fingerprint density at radius 2 is 1.82 bits per heavy atom. The molecule has 0 bridgehead atoms. The lowest BCUT2D eigenvalue weighted by molar-refractivity contribution is -0.138. The lowest BCUT2D eigenvalue weighted by atomic mass is 9.91. The minimum atomic E-state index is -0.893. The van der Waals surface area contributed by atoms with Gasteiger partial charge in [-0.1, -0.05) is 37.3 Å². The highest BCUT2D eigenvalue weighted by molar-refractivity contribution is 5.76. The second-order valence-corrected chi connectivity index (χ2v) is 5.14. The number of carbonyl (C=O) groups is 1. The molecule has 116 valence electrons. The minimum absolute atomic E-state index is 0.125. The van der Waals surface area contributed by atoms with Gasteiger partial charge in [-0.05, 0) is 42.2 Å². The Labute approximate surface area is 130 Å². The maximum Gasteiger partial charge on any atom is 0.311 e. The molecule has 0 saturated heterocycles. The van der Waals surface area contributed by atoms with Gasteiger partial charge in [-0.2, -0.15) is 0 Å². The van der Waals surface area contributed by atoms with Crippen molar-refractivity contribution in [2.24, 2.45) is 0 Å². The molecule has 0 heterocycles. The quantitative estimate of drug-likeness (QED) is 0.820. The van der Waals surface area contributed by atoms with Crippen LogP contribution in [0.5, 0.6) is 11.5 Å². The fourth-order valence-electron chi connectivity index (χ4n) is 2.30. The predicted molar refractivity (Wildman–Crippen MR) is 84.4 cm³/mol. The SMILES string of the molecule is CCCOc1ccccc1CC(C(=O)O)c1ccc(O)cc1. The molecule has 4 nitrogen and oxygen atoms in total. The smallest absolute Gasteiger partial charge is 0.311 e. The van der Waals surface area contributed by atoms with E-state index in [9.17, 15) is 15.0 Å². The maximum absolute atomic E-state index is 11.6. The molecule has 0 aliphatic carbocycles. The molecule has 0 saturated carbocycles. The molecule has 4 heteroatoms. The van der Waals surface area contributed by atoms with Gasteiger partial charge in [-0.3, -0.25) is 4.79 Å². The Bertz CT molecular complexity index is 619. The van der Waals surface area contributed by atoms with Crippen molar-refractivity contribution in [3.8, 4) is 11.5 Å². The van der Waals surface area contributed by atoms with Crippen LogP contribution < -0.4 is 4.74 Å². The Hall–Kier alpha value is -2.49. The molecule has 1 atom stereocenters. The molecular weight excluding hydrogens is 280 g/mol. The van der Waals surface area contributed by atoms with Crippen molar-refractivity contribution in [1.29, 1.82) is 0 Å². The van der Waals surface area contributed by atoms with E-state index in [4.69, 9.17) is 4.74 Å². The summed E-state index contributed by atoms with van der Waals surface area (Å²) in [4.78, 5) is 11.6. The fraction of sp³-hybridized carbons (Fsp3) is 0.278. The van der Waals surface area contributed by atoms with Gasteiger partial charge in [0.25, 0.3) is 0 Å². The second-order valence-electron chi connectivity index (χ2n) is 5.14. The highest BCUT2D eigenvalue weighted by Crippen LogP contribution is 2.28. The van der Waals surface area contributed by atoms with Crippen molar-refractivity contribution in [3.05, 3.63) is 59.7 Å². The van der Waals surface area contributed by atoms with Crippen LogP contribution in [0.2, 0.25) is 0 Å². The molecule has 0 aliphatic heterocycles. The van der Waals surface area contributed by atoms with E-state index in [1.54, 1.807) is 12.1 Å². The number of rotatable bonds is 7. The molecule has 2 N–H and O–H groups in total. The van der Waals surface area contributed by atoms with Gasteiger partial charge < -0.3 is 14.9 Å². The van der Waals surface area contributed by atoms with Crippen LogP contribution in [-0.2, 0) is 11.2 Å². The van der Waals surface area contributed by atoms with Crippen molar-refractivity contribution in [3.63, 3.8) is 0 Å². The van der Waals surface area contributed by atoms with E-state index in [2.05, 4.69) is 0 Å². The Morgan fingerprint density at radius 3 is 2.45 bits per heavy atom. The number of benzene rings is 2. The first-order valence-corrected chi connectivity index (χ1v) is 7.34. The molecule has 0 spiro atoms. The zero-order valence-electron chi connectivity index (χ0n) is 12.5. The van der Waals surface area contributed by atoms with Gasteiger partial charge in [0.15, 0.2) is 0 Å². The first-order chi connectivity index (χ1) is 10.6. The highest BCUT2D eigenvalue weighted by atomic mass is 16.5. The van der Waals surface area contributed by atoms with Gasteiger partial charge in [0, 0.05) is 0 Å². The van der Waals surface area contributed by atoms with E-state index < -0.39 is 11.9 Å². The largest absolute Gasteiger partial charge is 0.508 e. The van der Waals surface area contributed by atoms with Crippen molar-refractivity contribution in [2.75, 3.05) is 6.61 Å². The summed E-state index contributed by atoms with van der Waals surface area (Å²) in [5, 5.41) is 18.9. The normalized spacial score (nSPS) is 11.9. The van der Waals surface area contributed by atoms with Crippen LogP contribution in [0, 0.1) is 0 Å². The van der Waals surface area contributed by atoms with Crippen LogP contribution >= 0.6 is 0 Å². The second kappa shape index (κ2) is 7.50. The number of carboxylic acid groups (broad SMARTS) is 1. The van der Waals surface area contributed by atoms with Gasteiger partial charge in [0.05, 0.1) is 12.5 Å². The number of phenolic OH excluding ortho intramolecular Hbond substituents is 1. The zero-order chi connectivity index (χ0) is 15.9. The molecule has 0 aliphatic rings. The summed E-state index contributed by atoms with van der Waals surface area (Å²) in [5.74, 6) is -0.711. The molecule has 2 rings (SSSR count). The van der Waals surface area contributed by atoms with Gasteiger partial charge in [-0.15, -0.1) is 0 Å². The highest BCUT2D eigenvalue weighted by Gasteiger charge is 2.22. The molecule has 2 aromatic rings. The first kappa shape index (κ1) is 15.9. The lowest BCUT2D eigenvalue weighted by Crippen LogP contribution is -2.15. The molecule has 0 radical (unpaired) electrons. The van der Waals surface area contributed by atoms with Gasteiger partial charge >= 0.3 is 5.97 Å². The molecule has 0 amide bonds. The number of hydrogen-bond donors (Lipinski definition) is 2. The van der Waals surface area contributed by atoms with E-state index in [1.807, 2.05) is 31.2 Å². The molecule has 0 aromatic heterocycles. The summed E-state index contributed by atoms with van der Waals surface area (Å²) in [5.41, 5.74) is 1.53. The summed E-state index contributed by atoms with van der Waals surface area (Å²) in [6, 6.07) is 13.8. The summed E-state index contributed by atoms with van der Waals surface area (Å²) < 4.78 is 5.69. The average Bonchev–Trinajstić information content (AvgIpc) is 2.52. The number of para-hydroxylation sites is 1. The first-order valence-electron chi connectivity index (χ1n) is 7.34. The van der Waals surface area contributed by atoms with Crippen LogP contribution in [-0.4, -0.2) is 22.8 Å². The summed E-state index contributed by atoms with van der Waals surface area (Å²) in [7, 11) is 0. The Kier molecular flexibility index (Phi) is 5.42. The number of aromatic hydroxyl groups is 1. The summed E-state index contributed by atoms with van der Waals surface area (Å²) >= 11 is 0. The van der Waals surface area contributed by atoms with Crippen LogP contribution in [0.15, 0.2) is 48.5 Å². The lowest BCUT2D eigenvalue weighted by Gasteiger charge is -2.16. The van der Waals surface area contributed by atoms with Gasteiger partial charge in [-0.25, -0.2) is 0 Å². The Balaban J connectivity index is 2.25. The van der Waals surface area contributed by atoms with Gasteiger partial charge in [0.1, 0.15) is 11.5 Å². The van der Waals surface area contributed by atoms with E-state index in [-0.39, 0.29) is 5.75 Å². The number of hydrogen-bond acceptors (Lipinski definition) is 3. The number of phenols is 1. The number of aliphatic carboxylic acids is 1. The van der Waals surface area contributed by atoms with Crippen molar-refractivity contribution < 1.29 is 19.7 Å². The summed E-state index contributed by atoms with van der Waals surface area (Å²) in [6.45, 7) is 2.63. The van der Waals surface area contributed by atoms with Crippen molar-refractivity contribution in [1.82, 2.24) is 0 Å². The number of ether oxygens (including phenoxy) is 1. The van der Waals surface area contributed by atoms with Crippen LogP contribution in [0.25, 0.3) is 0 Å². The van der Waals surface area contributed by atoms with Crippen LogP contribution in [0.4, 0.5) is 0 Å². The average molecular weight is 300 g/mol. The molecule has 22 heavy (non-hydrogen) atoms. The standard InChI is InChI=1S/C18H20O4/c1-2-11-22-17-6-4-3-5-14(17)12-16(18(20)21)13-7-9-15(19)10-8-13/h3-10,16,19H,2,11-12H2,1H3,(H,20,21). The third kappa shape index (κ3) is 4.01. The zero-order valence-corrected chi connectivity index (χ0v) is 12.5. The number of carboxylic acids is 1. The molecule has 0 fully saturated rings. The Morgan fingerprint density at radius 1 is 1.14 bits per heavy atom. The fourth-order valence-corrected chi connectivity index (χ4v) is 2.30. The van der Waals surface area contributed by atoms with E-state index in [0.717, 1.165) is 17.7 Å². The maximum atomic E-state index is 11.6. The van der Waals surface area contributed by atoms with Crippen molar-refractivity contribution in [2.45, 2.75) is 25.7 Å². The molecule has 1 unspecified atom stereocenters. The van der Waals surface area contributed by atoms with E-state index in [1.165, 1.54) is 12.1 Å². The minimum Gasteiger partial charge on any atom is -0.508 e. The molecular formula is C18H20O4. The van der Waals surface area contributed by atoms with Crippen molar-refractivity contribution >= 4 is 5.97 Å². The van der Waals surface area contributed by atoms with E-state index >= 15 is 0 Å². The summed E-state index contributed by atoms with van der Waals surface area (Å²) in [6.07, 6.45) is 1.24. The van der Waals surface area contributed by atoms with Crippen LogP contribution in [0.1, 0.15) is 30.4 Å². The third-order valence-electron chi connectivity index (χ3n) is 3.45. The van der Waals surface area contributed by atoms with Gasteiger partial charge in [0.2, 0.25) is 0 Å². The van der Waals surface area contributed by atoms with E-state index in [0.29, 0.717) is 18.6 Å². The predicted octanol–water partition coefficient (Wildman–Crippen LogP) is 3.59. The third-order valence-corrected chi connectivity index (χ3v) is 3.45. The molecule has 2 aromatic carbocycles. The van der Waals surface area contributed by atoms with Crippen LogP contribution in [0.3, 0.4) is 0 Å².